The van der Waals surface area contributed by atoms with Crippen molar-refractivity contribution in [2.75, 3.05) is 44.8 Å². The van der Waals surface area contributed by atoms with Gasteiger partial charge in [-0.3, -0.25) is 0 Å². The number of hydrogen-bond donors (Lipinski definition) is 1. The normalized spacial score (nSPS) is 35.8. The van der Waals surface area contributed by atoms with Gasteiger partial charge in [-0.05, 0) is 69.7 Å². The Morgan fingerprint density at radius 2 is 2.16 bits per heavy atom. The zero-order valence-corrected chi connectivity index (χ0v) is 13.0. The minimum absolute atomic E-state index is 0.230. The largest absolute Gasteiger partial charge is 0.375 e. The quantitative estimate of drug-likeness (QED) is 0.856. The molecule has 4 heteroatoms. The zero-order chi connectivity index (χ0) is 13.1. The molecule has 1 spiro atoms. The van der Waals surface area contributed by atoms with Crippen LogP contribution in [0.5, 0.6) is 0 Å². The van der Waals surface area contributed by atoms with Crippen LogP contribution in [-0.2, 0) is 4.74 Å². The van der Waals surface area contributed by atoms with E-state index in [1.807, 2.05) is 0 Å². The molecule has 3 rings (SSSR count). The van der Waals surface area contributed by atoms with Crippen molar-refractivity contribution in [3.8, 4) is 0 Å². The molecule has 2 unspecified atom stereocenters. The predicted octanol–water partition coefficient (Wildman–Crippen LogP) is 1.97. The van der Waals surface area contributed by atoms with E-state index >= 15 is 0 Å². The molecule has 0 aromatic carbocycles. The van der Waals surface area contributed by atoms with Crippen LogP contribution in [0.4, 0.5) is 0 Å². The van der Waals surface area contributed by atoms with Crippen LogP contribution in [0, 0.1) is 5.92 Å². The molecule has 0 saturated carbocycles. The molecule has 3 nitrogen and oxygen atoms in total. The highest BCUT2D eigenvalue weighted by Crippen LogP contribution is 2.37. The summed E-state index contributed by atoms with van der Waals surface area (Å²) >= 11 is 2.09. The van der Waals surface area contributed by atoms with E-state index in [1.54, 1.807) is 0 Å². The molecule has 3 aliphatic rings. The molecule has 110 valence electrons. The maximum Gasteiger partial charge on any atom is 0.0713 e. The highest BCUT2D eigenvalue weighted by Gasteiger charge is 2.38. The Hall–Kier alpha value is 0.230. The molecular weight excluding hydrogens is 256 g/mol. The Labute approximate surface area is 121 Å². The van der Waals surface area contributed by atoms with E-state index in [0.717, 1.165) is 12.5 Å². The van der Waals surface area contributed by atoms with Crippen LogP contribution in [-0.4, -0.2) is 61.3 Å². The SMILES string of the molecule is CN1CCC(CNC2CCOC3(CCSCC3)C2)C1. The van der Waals surface area contributed by atoms with Crippen LogP contribution in [0.15, 0.2) is 0 Å². The molecule has 3 fully saturated rings. The van der Waals surface area contributed by atoms with Gasteiger partial charge in [-0.15, -0.1) is 0 Å². The molecule has 3 saturated heterocycles. The highest BCUT2D eigenvalue weighted by atomic mass is 32.2. The van der Waals surface area contributed by atoms with Crippen molar-refractivity contribution in [2.45, 2.75) is 43.7 Å². The van der Waals surface area contributed by atoms with Gasteiger partial charge in [-0.25, -0.2) is 0 Å². The smallest absolute Gasteiger partial charge is 0.0713 e. The second-order valence-electron chi connectivity index (χ2n) is 6.66. The lowest BCUT2D eigenvalue weighted by atomic mass is 9.85. The molecular formula is C15H28N2OS. The summed E-state index contributed by atoms with van der Waals surface area (Å²) in [7, 11) is 2.24. The fraction of sp³-hybridized carbons (Fsp3) is 1.00. The fourth-order valence-corrected chi connectivity index (χ4v) is 5.06. The van der Waals surface area contributed by atoms with E-state index in [-0.39, 0.29) is 5.60 Å². The van der Waals surface area contributed by atoms with Crippen molar-refractivity contribution in [1.29, 1.82) is 0 Å². The number of nitrogens with zero attached hydrogens (tertiary/aromatic N) is 1. The Morgan fingerprint density at radius 1 is 1.32 bits per heavy atom. The van der Waals surface area contributed by atoms with E-state index in [1.165, 1.54) is 63.2 Å². The topological polar surface area (TPSA) is 24.5 Å². The molecule has 3 heterocycles. The van der Waals surface area contributed by atoms with Crippen molar-refractivity contribution >= 4 is 11.8 Å². The summed E-state index contributed by atoms with van der Waals surface area (Å²) in [6.07, 6.45) is 6.35. The first-order valence-electron chi connectivity index (χ1n) is 7.89. The van der Waals surface area contributed by atoms with E-state index in [2.05, 4.69) is 29.0 Å². The molecule has 3 aliphatic heterocycles. The van der Waals surface area contributed by atoms with Gasteiger partial charge in [0.25, 0.3) is 0 Å². The first-order chi connectivity index (χ1) is 9.26. The summed E-state index contributed by atoms with van der Waals surface area (Å²) in [5.74, 6) is 3.45. The summed E-state index contributed by atoms with van der Waals surface area (Å²) in [5.41, 5.74) is 0.230. The second-order valence-corrected chi connectivity index (χ2v) is 7.88. The first kappa shape index (κ1) is 14.2. The summed E-state index contributed by atoms with van der Waals surface area (Å²) in [6.45, 7) is 4.73. The fourth-order valence-electron chi connectivity index (χ4n) is 3.82. The minimum Gasteiger partial charge on any atom is -0.375 e. The van der Waals surface area contributed by atoms with Gasteiger partial charge in [0.05, 0.1) is 5.60 Å². The summed E-state index contributed by atoms with van der Waals surface area (Å²) in [5, 5.41) is 3.84. The van der Waals surface area contributed by atoms with E-state index in [4.69, 9.17) is 4.74 Å². The lowest BCUT2D eigenvalue weighted by Crippen LogP contribution is -2.49. The number of thioether (sulfide) groups is 1. The van der Waals surface area contributed by atoms with Crippen LogP contribution in [0.1, 0.15) is 32.1 Å². The van der Waals surface area contributed by atoms with Gasteiger partial charge in [0.1, 0.15) is 0 Å². The average molecular weight is 284 g/mol. The van der Waals surface area contributed by atoms with Gasteiger partial charge in [0.15, 0.2) is 0 Å². The van der Waals surface area contributed by atoms with Crippen molar-refractivity contribution < 1.29 is 4.74 Å². The molecule has 0 aromatic rings. The van der Waals surface area contributed by atoms with Crippen molar-refractivity contribution in [2.24, 2.45) is 5.92 Å². The van der Waals surface area contributed by atoms with Crippen molar-refractivity contribution in [3.05, 3.63) is 0 Å². The van der Waals surface area contributed by atoms with Crippen molar-refractivity contribution in [1.82, 2.24) is 10.2 Å². The molecule has 0 bridgehead atoms. The standard InChI is InChI=1S/C15H28N2OS/c1-17-6-2-13(12-17)11-16-14-3-7-18-15(10-14)4-8-19-9-5-15/h13-14,16H,2-12H2,1H3. The number of likely N-dealkylation sites (tertiary alicyclic amines) is 1. The van der Waals surface area contributed by atoms with Gasteiger partial charge in [0, 0.05) is 19.2 Å². The minimum atomic E-state index is 0.230. The Bertz CT molecular complexity index is 288. The van der Waals surface area contributed by atoms with Gasteiger partial charge in [-0.1, -0.05) is 0 Å². The van der Waals surface area contributed by atoms with E-state index in [0.29, 0.717) is 6.04 Å². The number of nitrogens with one attached hydrogen (secondary N) is 1. The predicted molar refractivity (Wildman–Crippen MR) is 81.9 cm³/mol. The number of rotatable bonds is 3. The number of ether oxygens (including phenoxy) is 1. The molecule has 0 radical (unpaired) electrons. The van der Waals surface area contributed by atoms with Gasteiger partial charge in [0.2, 0.25) is 0 Å². The van der Waals surface area contributed by atoms with E-state index in [9.17, 15) is 0 Å². The lowest BCUT2D eigenvalue weighted by molar-refractivity contribution is -0.0933. The molecule has 0 amide bonds. The van der Waals surface area contributed by atoms with Crippen LogP contribution in [0.3, 0.4) is 0 Å². The van der Waals surface area contributed by atoms with Gasteiger partial charge < -0.3 is 15.0 Å². The Morgan fingerprint density at radius 3 is 2.89 bits per heavy atom. The van der Waals surface area contributed by atoms with Crippen LogP contribution in [0.25, 0.3) is 0 Å². The molecule has 0 aliphatic carbocycles. The van der Waals surface area contributed by atoms with Crippen molar-refractivity contribution in [3.63, 3.8) is 0 Å². The van der Waals surface area contributed by atoms with Crippen LogP contribution >= 0.6 is 11.8 Å². The molecule has 19 heavy (non-hydrogen) atoms. The van der Waals surface area contributed by atoms with Crippen LogP contribution < -0.4 is 5.32 Å². The third-order valence-corrected chi connectivity index (χ3v) is 6.07. The average Bonchev–Trinajstić information content (AvgIpc) is 2.83. The highest BCUT2D eigenvalue weighted by molar-refractivity contribution is 7.99. The van der Waals surface area contributed by atoms with E-state index < -0.39 is 0 Å². The Balaban J connectivity index is 1.45. The first-order valence-corrected chi connectivity index (χ1v) is 9.05. The molecule has 0 aromatic heterocycles. The molecule has 2 atom stereocenters. The third-order valence-electron chi connectivity index (χ3n) is 5.08. The number of hydrogen-bond acceptors (Lipinski definition) is 4. The monoisotopic (exact) mass is 284 g/mol. The lowest BCUT2D eigenvalue weighted by Gasteiger charge is -2.43. The Kier molecular flexibility index (Phi) is 4.73. The second kappa shape index (κ2) is 6.33. The molecule has 1 N–H and O–H groups in total. The zero-order valence-electron chi connectivity index (χ0n) is 12.2. The van der Waals surface area contributed by atoms with Gasteiger partial charge >= 0.3 is 0 Å². The maximum absolute atomic E-state index is 6.16. The van der Waals surface area contributed by atoms with Gasteiger partial charge in [-0.2, -0.15) is 11.8 Å². The summed E-state index contributed by atoms with van der Waals surface area (Å²) in [4.78, 5) is 2.45. The third kappa shape index (κ3) is 3.66. The maximum atomic E-state index is 6.16. The van der Waals surface area contributed by atoms with Crippen LogP contribution in [0.2, 0.25) is 0 Å². The summed E-state index contributed by atoms with van der Waals surface area (Å²) < 4.78 is 6.16. The summed E-state index contributed by atoms with van der Waals surface area (Å²) in [6, 6.07) is 0.697.